The lowest BCUT2D eigenvalue weighted by Crippen LogP contribution is -2.51. The first-order valence-corrected chi connectivity index (χ1v) is 13.9. The van der Waals surface area contributed by atoms with Crippen LogP contribution in [0.4, 0.5) is 0 Å². The standard InChI is InChI=1S/C16H23NO.C15H21NO/c1-13(2)17-11-9-16(10-12-17)8-7-14-5-3-4-6-15(14)18-16;1-12(2)16-9-7-15(8-10-16)11-13-5-3-4-6-14(13)17-15/h3-6,13H,7-12H2,1-2H3;3-6,12H,7-11H2,1-2H3. The lowest BCUT2D eigenvalue weighted by molar-refractivity contribution is -0.0211. The first-order chi connectivity index (χ1) is 16.9. The zero-order valence-corrected chi connectivity index (χ0v) is 22.3. The van der Waals surface area contributed by atoms with Crippen LogP contribution in [0.15, 0.2) is 48.5 Å². The molecule has 0 unspecified atom stereocenters. The van der Waals surface area contributed by atoms with Gasteiger partial charge in [-0.2, -0.15) is 0 Å². The fourth-order valence-corrected chi connectivity index (χ4v) is 6.35. The minimum absolute atomic E-state index is 0.106. The van der Waals surface area contributed by atoms with Gasteiger partial charge in [-0.3, -0.25) is 0 Å². The lowest BCUT2D eigenvalue weighted by atomic mass is 9.83. The van der Waals surface area contributed by atoms with E-state index >= 15 is 0 Å². The number of aryl methyl sites for hydroxylation is 1. The molecule has 2 spiro atoms. The zero-order valence-electron chi connectivity index (χ0n) is 22.3. The molecule has 4 heteroatoms. The van der Waals surface area contributed by atoms with Crippen LogP contribution in [0, 0.1) is 0 Å². The summed E-state index contributed by atoms with van der Waals surface area (Å²) < 4.78 is 12.6. The molecule has 6 rings (SSSR count). The number of hydrogen-bond donors (Lipinski definition) is 0. The number of likely N-dealkylation sites (tertiary alicyclic amines) is 2. The summed E-state index contributed by atoms with van der Waals surface area (Å²) in [6, 6.07) is 18.4. The summed E-state index contributed by atoms with van der Waals surface area (Å²) in [5, 5.41) is 0. The molecule has 0 atom stereocenters. The molecule has 0 saturated carbocycles. The van der Waals surface area contributed by atoms with Crippen molar-refractivity contribution in [2.24, 2.45) is 0 Å². The molecule has 190 valence electrons. The monoisotopic (exact) mass is 476 g/mol. The van der Waals surface area contributed by atoms with Gasteiger partial charge in [-0.05, 0) is 76.6 Å². The van der Waals surface area contributed by atoms with Crippen molar-refractivity contribution in [2.75, 3.05) is 26.2 Å². The van der Waals surface area contributed by atoms with Crippen molar-refractivity contribution in [1.29, 1.82) is 0 Å². The van der Waals surface area contributed by atoms with Crippen LogP contribution >= 0.6 is 0 Å². The second kappa shape index (κ2) is 10.1. The maximum Gasteiger partial charge on any atom is 0.123 e. The fraction of sp³-hybridized carbons (Fsp3) is 0.613. The third-order valence-electron chi connectivity index (χ3n) is 8.84. The molecule has 4 nitrogen and oxygen atoms in total. The molecule has 0 bridgehead atoms. The smallest absolute Gasteiger partial charge is 0.123 e. The molecule has 2 saturated heterocycles. The Morgan fingerprint density at radius 2 is 1.06 bits per heavy atom. The molecule has 0 aromatic heterocycles. The van der Waals surface area contributed by atoms with Crippen LogP contribution < -0.4 is 9.47 Å². The van der Waals surface area contributed by atoms with Gasteiger partial charge >= 0.3 is 0 Å². The molecule has 4 heterocycles. The van der Waals surface area contributed by atoms with Crippen LogP contribution in [0.3, 0.4) is 0 Å². The Morgan fingerprint density at radius 3 is 1.60 bits per heavy atom. The third-order valence-corrected chi connectivity index (χ3v) is 8.84. The first kappa shape index (κ1) is 24.6. The predicted octanol–water partition coefficient (Wildman–Crippen LogP) is 6.12. The minimum atomic E-state index is 0.106. The Morgan fingerprint density at radius 1 is 0.600 bits per heavy atom. The van der Waals surface area contributed by atoms with Gasteiger partial charge in [0.2, 0.25) is 0 Å². The van der Waals surface area contributed by atoms with E-state index in [0.29, 0.717) is 12.1 Å². The Hall–Kier alpha value is -2.04. The number of fused-ring (bicyclic) bond motifs is 2. The molecule has 0 amide bonds. The SMILES string of the molecule is CC(C)N1CCC2(CC1)Cc1ccccc1O2.CC(C)N1CCC2(CCc3ccccc3O2)CC1. The van der Waals surface area contributed by atoms with E-state index in [-0.39, 0.29) is 11.2 Å². The van der Waals surface area contributed by atoms with E-state index in [1.54, 1.807) is 0 Å². The highest BCUT2D eigenvalue weighted by Crippen LogP contribution is 2.41. The van der Waals surface area contributed by atoms with Crippen molar-refractivity contribution in [3.63, 3.8) is 0 Å². The second-order valence-corrected chi connectivity index (χ2v) is 11.7. The number of hydrogen-bond acceptors (Lipinski definition) is 4. The first-order valence-electron chi connectivity index (χ1n) is 13.9. The highest BCUT2D eigenvalue weighted by Gasteiger charge is 2.42. The summed E-state index contributed by atoms with van der Waals surface area (Å²) in [4.78, 5) is 5.12. The average Bonchev–Trinajstić information content (AvgIpc) is 3.22. The van der Waals surface area contributed by atoms with E-state index in [1.807, 2.05) is 0 Å². The van der Waals surface area contributed by atoms with Crippen molar-refractivity contribution in [3.05, 3.63) is 59.7 Å². The fourth-order valence-electron chi connectivity index (χ4n) is 6.35. The maximum absolute atomic E-state index is 6.36. The highest BCUT2D eigenvalue weighted by atomic mass is 16.5. The van der Waals surface area contributed by atoms with Crippen LogP contribution in [0.1, 0.15) is 70.9 Å². The van der Waals surface area contributed by atoms with Crippen molar-refractivity contribution in [2.45, 2.75) is 95.9 Å². The summed E-state index contributed by atoms with van der Waals surface area (Å²) >= 11 is 0. The van der Waals surface area contributed by atoms with E-state index in [0.717, 1.165) is 17.9 Å². The molecular weight excluding hydrogens is 432 g/mol. The normalized spacial score (nSPS) is 22.8. The Balaban J connectivity index is 0.000000145. The Bertz CT molecular complexity index is 958. The second-order valence-electron chi connectivity index (χ2n) is 11.7. The largest absolute Gasteiger partial charge is 0.487 e. The maximum atomic E-state index is 6.36. The van der Waals surface area contributed by atoms with E-state index in [9.17, 15) is 0 Å². The number of benzene rings is 2. The Kier molecular flexibility index (Phi) is 7.14. The lowest BCUT2D eigenvalue weighted by Gasteiger charge is -2.45. The van der Waals surface area contributed by atoms with E-state index < -0.39 is 0 Å². The van der Waals surface area contributed by atoms with Crippen LogP contribution in [0.5, 0.6) is 11.5 Å². The van der Waals surface area contributed by atoms with Crippen molar-refractivity contribution in [1.82, 2.24) is 9.80 Å². The number of rotatable bonds is 2. The minimum Gasteiger partial charge on any atom is -0.487 e. The van der Waals surface area contributed by atoms with Crippen molar-refractivity contribution in [3.8, 4) is 11.5 Å². The summed E-state index contributed by atoms with van der Waals surface area (Å²) in [6.45, 7) is 13.8. The van der Waals surface area contributed by atoms with Gasteiger partial charge in [0.15, 0.2) is 0 Å². The number of nitrogens with zero attached hydrogens (tertiary/aromatic N) is 2. The molecule has 35 heavy (non-hydrogen) atoms. The van der Waals surface area contributed by atoms with E-state index in [1.165, 1.54) is 75.8 Å². The zero-order chi connectivity index (χ0) is 24.5. The topological polar surface area (TPSA) is 24.9 Å². The van der Waals surface area contributed by atoms with Gasteiger partial charge in [0.1, 0.15) is 22.7 Å². The summed E-state index contributed by atoms with van der Waals surface area (Å²) in [7, 11) is 0. The molecule has 2 fully saturated rings. The van der Waals surface area contributed by atoms with Gasteiger partial charge < -0.3 is 19.3 Å². The summed E-state index contributed by atoms with van der Waals surface area (Å²) in [6.07, 6.45) is 8.17. The number of para-hydroxylation sites is 2. The van der Waals surface area contributed by atoms with Crippen LogP contribution in [-0.4, -0.2) is 59.3 Å². The molecule has 0 aliphatic carbocycles. The number of ether oxygens (including phenoxy) is 2. The molecular formula is C31H44N2O2. The van der Waals surface area contributed by atoms with Gasteiger partial charge in [-0.25, -0.2) is 0 Å². The molecule has 0 radical (unpaired) electrons. The molecule has 2 aromatic carbocycles. The van der Waals surface area contributed by atoms with E-state index in [4.69, 9.17) is 9.47 Å². The average molecular weight is 477 g/mol. The number of piperidine rings is 2. The highest BCUT2D eigenvalue weighted by molar-refractivity contribution is 5.39. The molecule has 4 aliphatic heterocycles. The summed E-state index contributed by atoms with van der Waals surface area (Å²) in [5.41, 5.74) is 3.01. The third kappa shape index (κ3) is 5.39. The summed E-state index contributed by atoms with van der Waals surface area (Å²) in [5.74, 6) is 2.24. The Labute approximate surface area is 212 Å². The van der Waals surface area contributed by atoms with Gasteiger partial charge in [-0.15, -0.1) is 0 Å². The van der Waals surface area contributed by atoms with E-state index in [2.05, 4.69) is 86.0 Å². The van der Waals surface area contributed by atoms with Crippen molar-refractivity contribution >= 4 is 0 Å². The van der Waals surface area contributed by atoms with Gasteiger partial charge in [0.05, 0.1) is 0 Å². The predicted molar refractivity (Wildman–Crippen MR) is 144 cm³/mol. The van der Waals surface area contributed by atoms with Crippen LogP contribution in [-0.2, 0) is 12.8 Å². The molecule has 4 aliphatic rings. The quantitative estimate of drug-likeness (QED) is 0.521. The van der Waals surface area contributed by atoms with Crippen LogP contribution in [0.25, 0.3) is 0 Å². The molecule has 2 aromatic rings. The van der Waals surface area contributed by atoms with Crippen molar-refractivity contribution < 1.29 is 9.47 Å². The van der Waals surface area contributed by atoms with Gasteiger partial charge in [0, 0.05) is 57.5 Å². The van der Waals surface area contributed by atoms with Crippen LogP contribution in [0.2, 0.25) is 0 Å². The van der Waals surface area contributed by atoms with Gasteiger partial charge in [-0.1, -0.05) is 36.4 Å². The molecule has 0 N–H and O–H groups in total. The van der Waals surface area contributed by atoms with Gasteiger partial charge in [0.25, 0.3) is 0 Å².